The van der Waals surface area contributed by atoms with Crippen molar-refractivity contribution in [2.45, 2.75) is 25.8 Å². The van der Waals surface area contributed by atoms with Crippen LogP contribution < -0.4 is 21.7 Å². The smallest absolute Gasteiger partial charge is 0.381 e. The molecule has 2 aromatic heterocycles. The Balaban J connectivity index is 1.65. The fraction of sp³-hybridized carbons (Fsp3) is 0.316. The number of hydrogen-bond donors (Lipinski definition) is 5. The van der Waals surface area contributed by atoms with Gasteiger partial charge in [-0.1, -0.05) is 28.4 Å². The highest BCUT2D eigenvalue weighted by Crippen LogP contribution is 2.32. The second-order valence-electron chi connectivity index (χ2n) is 7.08. The number of hydrogen-bond acceptors (Lipinski definition) is 6. The predicted molar refractivity (Wildman–Crippen MR) is 116 cm³/mol. The van der Waals surface area contributed by atoms with Crippen LogP contribution in [0.1, 0.15) is 29.0 Å². The summed E-state index contributed by atoms with van der Waals surface area (Å²) in [6.07, 6.45) is 1.88. The van der Waals surface area contributed by atoms with Crippen molar-refractivity contribution in [3.8, 4) is 11.4 Å². The molecular weight excluding hydrogens is 431 g/mol. The van der Waals surface area contributed by atoms with Crippen LogP contribution in [0.4, 0.5) is 11.4 Å². The first kappa shape index (κ1) is 20.5. The van der Waals surface area contributed by atoms with Gasteiger partial charge in [-0.25, -0.2) is 4.79 Å². The standard InChI is InChI=1S/C19H20Cl2N6O3/c1-9-14(20)15(21)16(23-9)18(28)25-12-3-2-10(17-26-19(29)30-27-17)8-13(12)24-11-4-6-22-7-5-11/h2-3,8,11,22-24H,4-7H2,1H3,(H,25,28)(H,26,27,29). The molecule has 30 heavy (non-hydrogen) atoms. The average Bonchev–Trinajstić information content (AvgIpc) is 3.28. The van der Waals surface area contributed by atoms with Crippen LogP contribution in [0.25, 0.3) is 11.4 Å². The van der Waals surface area contributed by atoms with Crippen LogP contribution in [-0.2, 0) is 0 Å². The summed E-state index contributed by atoms with van der Waals surface area (Å²) >= 11 is 12.3. The number of anilines is 2. The van der Waals surface area contributed by atoms with Gasteiger partial charge in [-0.15, -0.1) is 0 Å². The van der Waals surface area contributed by atoms with Gasteiger partial charge >= 0.3 is 5.76 Å². The van der Waals surface area contributed by atoms with Gasteiger partial charge in [0.2, 0.25) is 0 Å². The largest absolute Gasteiger partial charge is 0.439 e. The molecule has 1 aliphatic rings. The summed E-state index contributed by atoms with van der Waals surface area (Å²) in [5, 5.41) is 13.9. The van der Waals surface area contributed by atoms with Gasteiger partial charge in [-0.2, -0.15) is 0 Å². The van der Waals surface area contributed by atoms with E-state index in [2.05, 4.69) is 35.6 Å². The topological polar surface area (TPSA) is 128 Å². The van der Waals surface area contributed by atoms with Crippen LogP contribution in [0.15, 0.2) is 27.5 Å². The minimum absolute atomic E-state index is 0.177. The zero-order valence-corrected chi connectivity index (χ0v) is 17.6. The van der Waals surface area contributed by atoms with E-state index in [9.17, 15) is 9.59 Å². The summed E-state index contributed by atoms with van der Waals surface area (Å²) in [5.74, 6) is -0.740. The van der Waals surface area contributed by atoms with E-state index < -0.39 is 11.7 Å². The molecule has 0 bridgehead atoms. The maximum absolute atomic E-state index is 12.8. The van der Waals surface area contributed by atoms with Gasteiger partial charge in [0.1, 0.15) is 5.69 Å². The maximum Gasteiger partial charge on any atom is 0.439 e. The minimum atomic E-state index is -0.635. The van der Waals surface area contributed by atoms with E-state index in [0.29, 0.717) is 33.5 Å². The van der Waals surface area contributed by atoms with Gasteiger partial charge in [0, 0.05) is 17.3 Å². The van der Waals surface area contributed by atoms with E-state index in [1.54, 1.807) is 25.1 Å². The average molecular weight is 451 g/mol. The lowest BCUT2D eigenvalue weighted by molar-refractivity contribution is 0.102. The van der Waals surface area contributed by atoms with Crippen LogP contribution in [0, 0.1) is 6.92 Å². The van der Waals surface area contributed by atoms with Gasteiger partial charge in [0.25, 0.3) is 5.91 Å². The van der Waals surface area contributed by atoms with Crippen molar-refractivity contribution in [1.29, 1.82) is 0 Å². The molecule has 3 aromatic rings. The summed E-state index contributed by atoms with van der Waals surface area (Å²) in [7, 11) is 0. The number of aromatic amines is 2. The Hall–Kier alpha value is -2.75. The molecule has 1 aliphatic heterocycles. The molecule has 0 unspecified atom stereocenters. The molecule has 0 radical (unpaired) electrons. The third-order valence-corrected chi connectivity index (χ3v) is 5.91. The second-order valence-corrected chi connectivity index (χ2v) is 7.84. The lowest BCUT2D eigenvalue weighted by Gasteiger charge is -2.26. The SMILES string of the molecule is Cc1[nH]c(C(=O)Nc2ccc(-c3noc(=O)[nH]3)cc2NC2CCNCC2)c(Cl)c1Cl. The van der Waals surface area contributed by atoms with Crippen molar-refractivity contribution < 1.29 is 9.32 Å². The molecule has 0 atom stereocenters. The third kappa shape index (κ3) is 4.23. The molecule has 5 N–H and O–H groups in total. The third-order valence-electron chi connectivity index (χ3n) is 4.96. The van der Waals surface area contributed by atoms with Crippen molar-refractivity contribution in [3.63, 3.8) is 0 Å². The Morgan fingerprint density at radius 3 is 2.57 bits per heavy atom. The lowest BCUT2D eigenvalue weighted by Crippen LogP contribution is -2.35. The number of H-pyrrole nitrogens is 2. The van der Waals surface area contributed by atoms with E-state index in [1.165, 1.54) is 0 Å². The Bertz CT molecular complexity index is 1130. The molecule has 158 valence electrons. The van der Waals surface area contributed by atoms with Gasteiger partial charge in [0.05, 0.1) is 21.4 Å². The van der Waals surface area contributed by atoms with E-state index >= 15 is 0 Å². The normalized spacial score (nSPS) is 14.6. The number of aryl methyl sites for hydroxylation is 1. The number of carbonyl (C=O) groups is 1. The summed E-state index contributed by atoms with van der Waals surface area (Å²) < 4.78 is 4.60. The number of piperidine rings is 1. The Kier molecular flexibility index (Phi) is 5.85. The molecule has 0 aliphatic carbocycles. The van der Waals surface area contributed by atoms with Crippen LogP contribution in [0.2, 0.25) is 10.0 Å². The predicted octanol–water partition coefficient (Wildman–Crippen LogP) is 3.39. The minimum Gasteiger partial charge on any atom is -0.381 e. The number of amides is 1. The molecule has 3 heterocycles. The first-order chi connectivity index (χ1) is 14.4. The number of carbonyl (C=O) groups excluding carboxylic acids is 1. The molecule has 1 saturated heterocycles. The van der Waals surface area contributed by atoms with Crippen molar-refractivity contribution in [2.24, 2.45) is 0 Å². The van der Waals surface area contributed by atoms with Gasteiger partial charge < -0.3 is 20.9 Å². The lowest BCUT2D eigenvalue weighted by atomic mass is 10.1. The molecular formula is C19H20Cl2N6O3. The summed E-state index contributed by atoms with van der Waals surface area (Å²) in [5.41, 5.74) is 2.71. The highest BCUT2D eigenvalue weighted by atomic mass is 35.5. The van der Waals surface area contributed by atoms with E-state index in [-0.39, 0.29) is 16.8 Å². The summed E-state index contributed by atoms with van der Waals surface area (Å²) in [4.78, 5) is 29.5. The fourth-order valence-corrected chi connectivity index (χ4v) is 3.79. The number of aromatic nitrogens is 3. The summed E-state index contributed by atoms with van der Waals surface area (Å²) in [6, 6.07) is 5.50. The molecule has 1 fully saturated rings. The number of halogens is 2. The van der Waals surface area contributed by atoms with Gasteiger partial charge in [0.15, 0.2) is 5.82 Å². The fourth-order valence-electron chi connectivity index (χ4n) is 3.37. The monoisotopic (exact) mass is 450 g/mol. The first-order valence-electron chi connectivity index (χ1n) is 9.45. The van der Waals surface area contributed by atoms with E-state index in [0.717, 1.165) is 25.9 Å². The van der Waals surface area contributed by atoms with Crippen LogP contribution >= 0.6 is 23.2 Å². The Morgan fingerprint density at radius 1 is 1.17 bits per heavy atom. The number of nitrogens with zero attached hydrogens (tertiary/aromatic N) is 1. The number of nitrogens with one attached hydrogen (secondary N) is 5. The van der Waals surface area contributed by atoms with Crippen LogP contribution in [-0.4, -0.2) is 40.2 Å². The number of benzene rings is 1. The zero-order valence-electron chi connectivity index (χ0n) is 16.1. The maximum atomic E-state index is 12.8. The number of rotatable bonds is 5. The van der Waals surface area contributed by atoms with E-state index in [4.69, 9.17) is 23.2 Å². The molecule has 11 heteroatoms. The molecule has 1 aromatic carbocycles. The quantitative estimate of drug-likeness (QED) is 0.405. The highest BCUT2D eigenvalue weighted by molar-refractivity contribution is 6.44. The first-order valence-corrected chi connectivity index (χ1v) is 10.2. The molecule has 0 spiro atoms. The van der Waals surface area contributed by atoms with Crippen molar-refractivity contribution in [3.05, 3.63) is 50.2 Å². The molecule has 1 amide bonds. The van der Waals surface area contributed by atoms with Crippen LogP contribution in [0.5, 0.6) is 0 Å². The van der Waals surface area contributed by atoms with Gasteiger partial charge in [-0.3, -0.25) is 14.3 Å². The Morgan fingerprint density at radius 2 is 1.93 bits per heavy atom. The highest BCUT2D eigenvalue weighted by Gasteiger charge is 2.21. The van der Waals surface area contributed by atoms with Gasteiger partial charge in [-0.05, 0) is 51.1 Å². The second kappa shape index (κ2) is 8.55. The molecule has 9 nitrogen and oxygen atoms in total. The zero-order chi connectivity index (χ0) is 21.3. The molecule has 0 saturated carbocycles. The van der Waals surface area contributed by atoms with Crippen molar-refractivity contribution in [1.82, 2.24) is 20.4 Å². The van der Waals surface area contributed by atoms with Crippen LogP contribution in [0.3, 0.4) is 0 Å². The van der Waals surface area contributed by atoms with Crippen molar-refractivity contribution in [2.75, 3.05) is 23.7 Å². The van der Waals surface area contributed by atoms with E-state index in [1.807, 2.05) is 0 Å². The summed E-state index contributed by atoms with van der Waals surface area (Å²) in [6.45, 7) is 3.56. The van der Waals surface area contributed by atoms with Crippen molar-refractivity contribution >= 4 is 40.5 Å². The molecule has 4 rings (SSSR count). The Labute approximate surface area is 181 Å².